The molecule has 0 radical (unpaired) electrons. The average Bonchev–Trinajstić information content (AvgIpc) is 2.84. The highest BCUT2D eigenvalue weighted by Gasteiger charge is 2.23. The minimum atomic E-state index is -0.273. The van der Waals surface area contributed by atoms with Crippen molar-refractivity contribution in [3.8, 4) is 17.0 Å². The van der Waals surface area contributed by atoms with Gasteiger partial charge in [0.25, 0.3) is 0 Å². The third-order valence-corrected chi connectivity index (χ3v) is 6.22. The number of fused-ring (bicyclic) bond motifs is 2. The molecule has 162 valence electrons. The predicted octanol–water partition coefficient (Wildman–Crippen LogP) is 5.31. The van der Waals surface area contributed by atoms with Crippen molar-refractivity contribution in [2.24, 2.45) is 0 Å². The molecule has 0 aliphatic carbocycles. The Morgan fingerprint density at radius 1 is 0.969 bits per heavy atom. The summed E-state index contributed by atoms with van der Waals surface area (Å²) in [5.74, 6) is 0.554. The van der Waals surface area contributed by atoms with Gasteiger partial charge in [0.1, 0.15) is 11.9 Å². The Labute approximate surface area is 187 Å². The first-order chi connectivity index (χ1) is 15.6. The van der Waals surface area contributed by atoms with Crippen molar-refractivity contribution in [2.45, 2.75) is 18.9 Å². The van der Waals surface area contributed by atoms with Crippen LogP contribution in [-0.4, -0.2) is 49.2 Å². The second-order valence-corrected chi connectivity index (χ2v) is 8.41. The monoisotopic (exact) mass is 426 g/mol. The summed E-state index contributed by atoms with van der Waals surface area (Å²) in [6.07, 6.45) is 1.70. The summed E-state index contributed by atoms with van der Waals surface area (Å²) < 4.78 is 11.2. The van der Waals surface area contributed by atoms with Crippen LogP contribution in [0, 0.1) is 0 Å². The van der Waals surface area contributed by atoms with Crippen LogP contribution < -0.4 is 4.74 Å². The number of aromatic nitrogens is 1. The summed E-state index contributed by atoms with van der Waals surface area (Å²) in [5.41, 5.74) is 3.08. The van der Waals surface area contributed by atoms with E-state index in [9.17, 15) is 4.79 Å². The molecule has 5 nitrogen and oxygen atoms in total. The van der Waals surface area contributed by atoms with Gasteiger partial charge in [0, 0.05) is 24.0 Å². The number of methoxy groups -OCH3 is 1. The maximum atomic E-state index is 13.2. The minimum Gasteiger partial charge on any atom is -0.497 e. The zero-order valence-electron chi connectivity index (χ0n) is 18.4. The summed E-state index contributed by atoms with van der Waals surface area (Å²) in [7, 11) is 3.76. The van der Waals surface area contributed by atoms with Crippen molar-refractivity contribution in [2.75, 3.05) is 27.2 Å². The average molecular weight is 427 g/mol. The van der Waals surface area contributed by atoms with Gasteiger partial charge in [0.2, 0.25) is 0 Å². The third kappa shape index (κ3) is 4.04. The number of carbonyl (C=O) groups is 1. The van der Waals surface area contributed by atoms with Gasteiger partial charge in [-0.25, -0.2) is 9.78 Å². The zero-order chi connectivity index (χ0) is 22.1. The number of hydrogen-bond acceptors (Lipinski definition) is 5. The summed E-state index contributed by atoms with van der Waals surface area (Å²) >= 11 is 0. The number of carbonyl (C=O) groups excluding carboxylic acids is 1. The van der Waals surface area contributed by atoms with E-state index >= 15 is 0 Å². The van der Waals surface area contributed by atoms with Gasteiger partial charge in [0.15, 0.2) is 0 Å². The van der Waals surface area contributed by atoms with E-state index in [-0.39, 0.29) is 12.1 Å². The Morgan fingerprint density at radius 2 is 1.72 bits per heavy atom. The maximum Gasteiger partial charge on any atom is 0.339 e. The van der Waals surface area contributed by atoms with Crippen LogP contribution in [0.4, 0.5) is 0 Å². The van der Waals surface area contributed by atoms with E-state index < -0.39 is 0 Å². The van der Waals surface area contributed by atoms with Crippen molar-refractivity contribution in [3.63, 3.8) is 0 Å². The van der Waals surface area contributed by atoms with Crippen LogP contribution in [0.1, 0.15) is 23.2 Å². The van der Waals surface area contributed by atoms with E-state index in [1.54, 1.807) is 7.11 Å². The quantitative estimate of drug-likeness (QED) is 0.414. The van der Waals surface area contributed by atoms with Crippen LogP contribution >= 0.6 is 0 Å². The number of esters is 1. The molecule has 1 fully saturated rings. The molecule has 32 heavy (non-hydrogen) atoms. The van der Waals surface area contributed by atoms with Crippen molar-refractivity contribution in [3.05, 3.63) is 72.3 Å². The molecule has 3 aromatic carbocycles. The fraction of sp³-hybridized carbons (Fsp3) is 0.259. The zero-order valence-corrected chi connectivity index (χ0v) is 18.4. The lowest BCUT2D eigenvalue weighted by atomic mass is 10.0. The summed E-state index contributed by atoms with van der Waals surface area (Å²) in [6, 6.07) is 21.8. The first-order valence-electron chi connectivity index (χ1n) is 11.0. The standard InChI is InChI=1S/C27H26N2O3/c1-29-13-11-21(12-14-29)32-27(30)24-17-26(28-25-6-4-3-5-23(24)25)20-8-7-19-16-22(31-2)10-9-18(19)15-20/h3-10,15-17,21H,11-14H2,1-2H3. The van der Waals surface area contributed by atoms with Gasteiger partial charge in [-0.3, -0.25) is 0 Å². The van der Waals surface area contributed by atoms with Gasteiger partial charge >= 0.3 is 5.97 Å². The fourth-order valence-electron chi connectivity index (χ4n) is 4.32. The van der Waals surface area contributed by atoms with E-state index in [1.165, 1.54) is 0 Å². The Bertz CT molecular complexity index is 1290. The van der Waals surface area contributed by atoms with Crippen molar-refractivity contribution >= 4 is 27.6 Å². The number of nitrogens with zero attached hydrogens (tertiary/aromatic N) is 2. The number of rotatable bonds is 4. The third-order valence-electron chi connectivity index (χ3n) is 6.22. The number of hydrogen-bond donors (Lipinski definition) is 0. The van der Waals surface area contributed by atoms with Crippen molar-refractivity contribution in [1.82, 2.24) is 9.88 Å². The van der Waals surface area contributed by atoms with Crippen LogP contribution in [0.25, 0.3) is 32.9 Å². The number of benzene rings is 3. The molecule has 4 aromatic rings. The normalized spacial score (nSPS) is 15.2. The lowest BCUT2D eigenvalue weighted by Crippen LogP contribution is -2.35. The van der Waals surface area contributed by atoms with E-state index in [1.807, 2.05) is 54.6 Å². The van der Waals surface area contributed by atoms with Gasteiger partial charge < -0.3 is 14.4 Å². The van der Waals surface area contributed by atoms with Gasteiger partial charge in [-0.1, -0.05) is 36.4 Å². The molecule has 1 saturated heterocycles. The fourth-order valence-corrected chi connectivity index (χ4v) is 4.32. The molecule has 1 aliphatic rings. The first-order valence-corrected chi connectivity index (χ1v) is 11.0. The molecule has 5 heteroatoms. The smallest absolute Gasteiger partial charge is 0.339 e. The molecule has 1 aliphatic heterocycles. The van der Waals surface area contributed by atoms with E-state index in [4.69, 9.17) is 14.5 Å². The molecule has 1 aromatic heterocycles. The lowest BCUT2D eigenvalue weighted by molar-refractivity contribution is 0.0141. The second kappa shape index (κ2) is 8.60. The van der Waals surface area contributed by atoms with Crippen molar-refractivity contribution in [1.29, 1.82) is 0 Å². The number of ether oxygens (including phenoxy) is 2. The van der Waals surface area contributed by atoms with Gasteiger partial charge in [-0.15, -0.1) is 0 Å². The van der Waals surface area contributed by atoms with Crippen LogP contribution in [0.15, 0.2) is 66.7 Å². The van der Waals surface area contributed by atoms with Crippen LogP contribution in [0.3, 0.4) is 0 Å². The van der Waals surface area contributed by atoms with Crippen LogP contribution in [-0.2, 0) is 4.74 Å². The largest absolute Gasteiger partial charge is 0.497 e. The Hall–Kier alpha value is -3.44. The summed E-state index contributed by atoms with van der Waals surface area (Å²) in [6.45, 7) is 1.89. The molecular formula is C27H26N2O3. The SMILES string of the molecule is COc1ccc2cc(-c3cc(C(=O)OC4CCN(C)CC4)c4ccccc4n3)ccc2c1. The molecule has 5 rings (SSSR count). The summed E-state index contributed by atoms with van der Waals surface area (Å²) in [4.78, 5) is 20.3. The Kier molecular flexibility index (Phi) is 5.50. The Balaban J connectivity index is 1.53. The first kappa shape index (κ1) is 20.5. The number of pyridine rings is 1. The topological polar surface area (TPSA) is 51.7 Å². The maximum absolute atomic E-state index is 13.2. The molecule has 2 heterocycles. The molecule has 0 unspecified atom stereocenters. The second-order valence-electron chi connectivity index (χ2n) is 8.41. The highest BCUT2D eigenvalue weighted by Crippen LogP contribution is 2.30. The molecule has 0 spiro atoms. The van der Waals surface area contributed by atoms with Crippen LogP contribution in [0.5, 0.6) is 5.75 Å². The highest BCUT2D eigenvalue weighted by molar-refractivity contribution is 6.05. The highest BCUT2D eigenvalue weighted by atomic mass is 16.5. The Morgan fingerprint density at radius 3 is 2.53 bits per heavy atom. The van der Waals surface area contributed by atoms with Crippen LogP contribution in [0.2, 0.25) is 0 Å². The molecule has 0 amide bonds. The predicted molar refractivity (Wildman–Crippen MR) is 127 cm³/mol. The van der Waals surface area contributed by atoms with Crippen molar-refractivity contribution < 1.29 is 14.3 Å². The minimum absolute atomic E-state index is 0.0373. The number of para-hydroxylation sites is 1. The van der Waals surface area contributed by atoms with E-state index in [0.717, 1.165) is 64.6 Å². The van der Waals surface area contributed by atoms with Gasteiger partial charge in [-0.05, 0) is 61.0 Å². The van der Waals surface area contributed by atoms with E-state index in [2.05, 4.69) is 24.1 Å². The molecule has 0 N–H and O–H groups in total. The van der Waals surface area contributed by atoms with Gasteiger partial charge in [0.05, 0.1) is 23.9 Å². The number of likely N-dealkylation sites (tertiary alicyclic amines) is 1. The molecule has 0 saturated carbocycles. The van der Waals surface area contributed by atoms with Gasteiger partial charge in [-0.2, -0.15) is 0 Å². The number of piperidine rings is 1. The summed E-state index contributed by atoms with van der Waals surface area (Å²) in [5, 5.41) is 3.00. The molecule has 0 atom stereocenters. The molecule has 0 bridgehead atoms. The molecular weight excluding hydrogens is 400 g/mol. The lowest BCUT2D eigenvalue weighted by Gasteiger charge is -2.28. The van der Waals surface area contributed by atoms with E-state index in [0.29, 0.717) is 5.56 Å².